The van der Waals surface area contributed by atoms with Crippen LogP contribution in [0.4, 0.5) is 5.69 Å². The van der Waals surface area contributed by atoms with E-state index in [-0.39, 0.29) is 11.7 Å². The van der Waals surface area contributed by atoms with Crippen molar-refractivity contribution >= 4 is 11.6 Å². The normalized spacial score (nSPS) is 10.9. The molecule has 0 saturated carbocycles. The molecule has 5 nitrogen and oxygen atoms in total. The lowest BCUT2D eigenvalue weighted by atomic mass is 10.1. The SMILES string of the molecule is Cc1ccc(-c2nc(C(=O)Nc3c(C)cccc3C)nn2-c2cccc(C)c2C)cc1. The number of hydrogen-bond acceptors (Lipinski definition) is 3. The van der Waals surface area contributed by atoms with Crippen molar-refractivity contribution in [1.29, 1.82) is 0 Å². The fraction of sp³-hybridized carbons (Fsp3) is 0.192. The van der Waals surface area contributed by atoms with E-state index in [1.54, 1.807) is 4.68 Å². The molecule has 0 unspecified atom stereocenters. The molecule has 0 aliphatic rings. The maximum Gasteiger partial charge on any atom is 0.295 e. The smallest absolute Gasteiger partial charge is 0.295 e. The molecule has 0 aliphatic carbocycles. The summed E-state index contributed by atoms with van der Waals surface area (Å²) < 4.78 is 1.77. The van der Waals surface area contributed by atoms with Crippen molar-refractivity contribution < 1.29 is 4.79 Å². The first-order valence-corrected chi connectivity index (χ1v) is 10.3. The average Bonchev–Trinajstić information content (AvgIpc) is 3.18. The summed E-state index contributed by atoms with van der Waals surface area (Å²) in [5, 5.41) is 7.63. The number of carbonyl (C=O) groups excluding carboxylic acids is 1. The van der Waals surface area contributed by atoms with Gasteiger partial charge in [-0.2, -0.15) is 0 Å². The number of hydrogen-bond donors (Lipinski definition) is 1. The summed E-state index contributed by atoms with van der Waals surface area (Å²) in [4.78, 5) is 17.8. The molecule has 0 atom stereocenters. The van der Waals surface area contributed by atoms with Crippen LogP contribution in [0.25, 0.3) is 17.1 Å². The Balaban J connectivity index is 1.82. The van der Waals surface area contributed by atoms with Crippen molar-refractivity contribution in [2.24, 2.45) is 0 Å². The summed E-state index contributed by atoms with van der Waals surface area (Å²) in [7, 11) is 0. The molecule has 0 fully saturated rings. The molecule has 156 valence electrons. The monoisotopic (exact) mass is 410 g/mol. The van der Waals surface area contributed by atoms with Gasteiger partial charge in [-0.15, -0.1) is 5.10 Å². The van der Waals surface area contributed by atoms with Crippen molar-refractivity contribution in [3.8, 4) is 17.1 Å². The van der Waals surface area contributed by atoms with Gasteiger partial charge < -0.3 is 5.32 Å². The summed E-state index contributed by atoms with van der Waals surface area (Å²) in [5.41, 5.74) is 8.04. The molecule has 5 heteroatoms. The van der Waals surface area contributed by atoms with Crippen LogP contribution in [-0.4, -0.2) is 20.7 Å². The van der Waals surface area contributed by atoms with E-state index in [1.807, 2.05) is 75.4 Å². The minimum absolute atomic E-state index is 0.138. The zero-order chi connectivity index (χ0) is 22.1. The number of aromatic nitrogens is 3. The highest BCUT2D eigenvalue weighted by atomic mass is 16.2. The Morgan fingerprint density at radius 3 is 2.10 bits per heavy atom. The Labute approximate surface area is 182 Å². The summed E-state index contributed by atoms with van der Waals surface area (Å²) in [5.74, 6) is 0.453. The molecule has 0 spiro atoms. The van der Waals surface area contributed by atoms with Gasteiger partial charge in [-0.3, -0.25) is 4.79 Å². The van der Waals surface area contributed by atoms with Crippen LogP contribution >= 0.6 is 0 Å². The predicted octanol–water partition coefficient (Wildman–Crippen LogP) is 5.73. The van der Waals surface area contributed by atoms with E-state index in [0.717, 1.165) is 44.8 Å². The maximum absolute atomic E-state index is 13.1. The van der Waals surface area contributed by atoms with Crippen molar-refractivity contribution in [1.82, 2.24) is 14.8 Å². The molecule has 4 rings (SSSR count). The predicted molar refractivity (Wildman–Crippen MR) is 125 cm³/mol. The van der Waals surface area contributed by atoms with E-state index < -0.39 is 0 Å². The lowest BCUT2D eigenvalue weighted by Crippen LogP contribution is -2.16. The van der Waals surface area contributed by atoms with Gasteiger partial charge in [-0.05, 0) is 62.9 Å². The number of aryl methyl sites for hydroxylation is 4. The highest BCUT2D eigenvalue weighted by Crippen LogP contribution is 2.26. The first kappa shape index (κ1) is 20.5. The lowest BCUT2D eigenvalue weighted by molar-refractivity contribution is 0.101. The molecule has 31 heavy (non-hydrogen) atoms. The van der Waals surface area contributed by atoms with E-state index in [1.165, 1.54) is 0 Å². The zero-order valence-electron chi connectivity index (χ0n) is 18.5. The van der Waals surface area contributed by atoms with Crippen LogP contribution in [0.3, 0.4) is 0 Å². The van der Waals surface area contributed by atoms with Gasteiger partial charge in [0.2, 0.25) is 5.82 Å². The molecule has 0 bridgehead atoms. The molecule has 4 aromatic rings. The van der Waals surface area contributed by atoms with Crippen molar-refractivity contribution in [2.75, 3.05) is 5.32 Å². The van der Waals surface area contributed by atoms with Gasteiger partial charge in [-0.1, -0.05) is 60.2 Å². The zero-order valence-corrected chi connectivity index (χ0v) is 18.5. The van der Waals surface area contributed by atoms with Crippen LogP contribution in [0.5, 0.6) is 0 Å². The van der Waals surface area contributed by atoms with Gasteiger partial charge in [-0.25, -0.2) is 9.67 Å². The van der Waals surface area contributed by atoms with Crippen LogP contribution in [0.1, 0.15) is 38.4 Å². The molecular weight excluding hydrogens is 384 g/mol. The third-order valence-corrected chi connectivity index (χ3v) is 5.64. The van der Waals surface area contributed by atoms with Crippen molar-refractivity contribution in [3.63, 3.8) is 0 Å². The lowest BCUT2D eigenvalue weighted by Gasteiger charge is -2.11. The molecule has 0 radical (unpaired) electrons. The van der Waals surface area contributed by atoms with Gasteiger partial charge in [0.25, 0.3) is 5.91 Å². The number of rotatable bonds is 4. The second-order valence-corrected chi connectivity index (χ2v) is 7.98. The molecule has 1 aromatic heterocycles. The number of nitrogens with zero attached hydrogens (tertiary/aromatic N) is 3. The van der Waals surface area contributed by atoms with Gasteiger partial charge in [0.05, 0.1) is 5.69 Å². The molecule has 0 aliphatic heterocycles. The minimum Gasteiger partial charge on any atom is -0.319 e. The number of nitrogens with one attached hydrogen (secondary N) is 1. The van der Waals surface area contributed by atoms with Gasteiger partial charge in [0.1, 0.15) is 0 Å². The highest BCUT2D eigenvalue weighted by Gasteiger charge is 2.21. The summed E-state index contributed by atoms with van der Waals surface area (Å²) in [6, 6.07) is 20.1. The fourth-order valence-electron chi connectivity index (χ4n) is 3.61. The number of benzene rings is 3. The van der Waals surface area contributed by atoms with Crippen molar-refractivity contribution in [2.45, 2.75) is 34.6 Å². The molecule has 0 saturated heterocycles. The summed E-state index contributed by atoms with van der Waals surface area (Å²) in [6.07, 6.45) is 0. The highest BCUT2D eigenvalue weighted by molar-refractivity contribution is 6.02. The second-order valence-electron chi connectivity index (χ2n) is 7.98. The molecule has 3 aromatic carbocycles. The number of amides is 1. The Kier molecular flexibility index (Phi) is 5.42. The van der Waals surface area contributed by atoms with Gasteiger partial charge in [0.15, 0.2) is 5.82 Å². The van der Waals surface area contributed by atoms with Crippen LogP contribution in [0.15, 0.2) is 60.7 Å². The molecule has 1 N–H and O–H groups in total. The summed E-state index contributed by atoms with van der Waals surface area (Å²) in [6.45, 7) is 10.1. The van der Waals surface area contributed by atoms with Gasteiger partial charge in [0, 0.05) is 11.3 Å². The first-order valence-electron chi connectivity index (χ1n) is 10.3. The third kappa shape index (κ3) is 3.99. The molecule has 1 amide bonds. The maximum atomic E-state index is 13.1. The van der Waals surface area contributed by atoms with E-state index in [4.69, 9.17) is 0 Å². The van der Waals surface area contributed by atoms with E-state index >= 15 is 0 Å². The van der Waals surface area contributed by atoms with E-state index in [9.17, 15) is 4.79 Å². The largest absolute Gasteiger partial charge is 0.319 e. The Morgan fingerprint density at radius 1 is 0.806 bits per heavy atom. The van der Waals surface area contributed by atoms with Crippen molar-refractivity contribution in [3.05, 3.63) is 94.3 Å². The van der Waals surface area contributed by atoms with E-state index in [2.05, 4.69) is 35.3 Å². The number of anilines is 1. The average molecular weight is 411 g/mol. The molecule has 1 heterocycles. The van der Waals surface area contributed by atoms with Crippen LogP contribution in [0, 0.1) is 34.6 Å². The first-order chi connectivity index (χ1) is 14.8. The second kappa shape index (κ2) is 8.19. The Hall–Kier alpha value is -3.73. The standard InChI is InChI=1S/C26H26N4O/c1-16-12-14-21(15-13-16)25-28-24(26(31)27-23-18(3)9-6-10-19(23)4)29-30(25)22-11-7-8-17(2)20(22)5/h6-15H,1-5H3,(H,27,31). The van der Waals surface area contributed by atoms with Crippen LogP contribution < -0.4 is 5.32 Å². The molecular formula is C26H26N4O. The fourth-order valence-corrected chi connectivity index (χ4v) is 3.61. The topological polar surface area (TPSA) is 59.8 Å². The van der Waals surface area contributed by atoms with E-state index in [0.29, 0.717) is 5.82 Å². The van der Waals surface area contributed by atoms with Crippen LogP contribution in [0.2, 0.25) is 0 Å². The quantitative estimate of drug-likeness (QED) is 0.467. The third-order valence-electron chi connectivity index (χ3n) is 5.64. The Morgan fingerprint density at radius 2 is 1.42 bits per heavy atom. The summed E-state index contributed by atoms with van der Waals surface area (Å²) >= 11 is 0. The Bertz CT molecular complexity index is 1250. The van der Waals surface area contributed by atoms with Crippen LogP contribution in [-0.2, 0) is 0 Å². The minimum atomic E-state index is -0.324. The number of para-hydroxylation sites is 1. The van der Waals surface area contributed by atoms with Gasteiger partial charge >= 0.3 is 0 Å². The number of carbonyl (C=O) groups is 1.